The third-order valence-electron chi connectivity index (χ3n) is 4.26. The van der Waals surface area contributed by atoms with Crippen molar-refractivity contribution in [3.8, 4) is 0 Å². The second-order valence-corrected chi connectivity index (χ2v) is 7.58. The first kappa shape index (κ1) is 23.6. The normalized spacial score (nSPS) is 20.9. The number of aliphatic hydroxyl groups is 1. The monoisotopic (exact) mass is 496 g/mol. The maximum atomic E-state index is 9.19. The summed E-state index contributed by atoms with van der Waals surface area (Å²) in [5.41, 5.74) is 0. The minimum absolute atomic E-state index is 0. The molecule has 0 saturated carbocycles. The van der Waals surface area contributed by atoms with E-state index >= 15 is 0 Å². The average Bonchev–Trinajstić information content (AvgIpc) is 3.14. The lowest BCUT2D eigenvalue weighted by molar-refractivity contribution is -0.0334. The van der Waals surface area contributed by atoms with E-state index in [0.717, 1.165) is 38.7 Å². The molecule has 1 saturated heterocycles. The van der Waals surface area contributed by atoms with Crippen molar-refractivity contribution in [1.82, 2.24) is 15.5 Å². The van der Waals surface area contributed by atoms with Crippen LogP contribution in [0.3, 0.4) is 0 Å². The number of nitrogens with one attached hydrogen (secondary N) is 2. The smallest absolute Gasteiger partial charge is 0.191 e. The molecule has 0 amide bonds. The van der Waals surface area contributed by atoms with Gasteiger partial charge in [-0.2, -0.15) is 0 Å². The number of nitrogens with zero attached hydrogens (tertiary/aromatic N) is 2. The van der Waals surface area contributed by atoms with Crippen LogP contribution in [-0.2, 0) is 4.74 Å². The fourth-order valence-electron chi connectivity index (χ4n) is 2.86. The van der Waals surface area contributed by atoms with Crippen LogP contribution in [0.5, 0.6) is 0 Å². The van der Waals surface area contributed by atoms with Gasteiger partial charge in [-0.25, -0.2) is 0 Å². The summed E-state index contributed by atoms with van der Waals surface area (Å²) in [6.07, 6.45) is 0.267. The molecule has 0 aliphatic carbocycles. The van der Waals surface area contributed by atoms with Crippen LogP contribution in [0, 0.1) is 5.92 Å². The highest BCUT2D eigenvalue weighted by Crippen LogP contribution is 2.26. The highest BCUT2D eigenvalue weighted by atomic mass is 127. The molecule has 0 radical (unpaired) electrons. The van der Waals surface area contributed by atoms with Crippen LogP contribution in [0.25, 0.3) is 0 Å². The van der Waals surface area contributed by atoms with Gasteiger partial charge in [-0.15, -0.1) is 35.3 Å². The van der Waals surface area contributed by atoms with Crippen molar-refractivity contribution in [2.45, 2.75) is 32.9 Å². The van der Waals surface area contributed by atoms with Crippen LogP contribution in [0.4, 0.5) is 0 Å². The first-order valence-corrected chi connectivity index (χ1v) is 10.0. The second-order valence-electron chi connectivity index (χ2n) is 6.60. The Kier molecular flexibility index (Phi) is 11.7. The van der Waals surface area contributed by atoms with Crippen LogP contribution in [0.2, 0.25) is 0 Å². The summed E-state index contributed by atoms with van der Waals surface area (Å²) in [7, 11) is 0. The minimum atomic E-state index is 0. The van der Waals surface area contributed by atoms with E-state index in [4.69, 9.17) is 4.74 Å². The summed E-state index contributed by atoms with van der Waals surface area (Å²) in [5.74, 6) is 0.981. The molecule has 2 heterocycles. The number of morpholine rings is 1. The van der Waals surface area contributed by atoms with Crippen LogP contribution >= 0.6 is 35.3 Å². The van der Waals surface area contributed by atoms with Crippen molar-refractivity contribution in [3.05, 3.63) is 22.4 Å². The SMILES string of the molecule is CCNC(=NCC(C)CO)NCC(c1cccs1)N1CCOC(C)C1.I. The number of aliphatic imine (C=N–C) groups is 1. The fourth-order valence-corrected chi connectivity index (χ4v) is 3.72. The quantitative estimate of drug-likeness (QED) is 0.293. The maximum absolute atomic E-state index is 9.19. The Hall–Kier alpha value is -0.420. The molecule has 8 heteroatoms. The van der Waals surface area contributed by atoms with Gasteiger partial charge in [0.15, 0.2) is 5.96 Å². The molecular weight excluding hydrogens is 463 g/mol. The summed E-state index contributed by atoms with van der Waals surface area (Å²) in [4.78, 5) is 8.45. The lowest BCUT2D eigenvalue weighted by Crippen LogP contribution is -2.48. The van der Waals surface area contributed by atoms with E-state index in [1.165, 1.54) is 4.88 Å². The number of thiophene rings is 1. The number of hydrogen-bond acceptors (Lipinski definition) is 5. The lowest BCUT2D eigenvalue weighted by atomic mass is 10.1. The van der Waals surface area contributed by atoms with E-state index in [2.05, 4.69) is 51.9 Å². The molecule has 0 spiro atoms. The van der Waals surface area contributed by atoms with Crippen LogP contribution in [0.1, 0.15) is 31.7 Å². The third kappa shape index (κ3) is 7.67. The summed E-state index contributed by atoms with van der Waals surface area (Å²) in [6.45, 7) is 11.3. The number of aliphatic hydroxyl groups excluding tert-OH is 1. The van der Waals surface area contributed by atoms with E-state index in [1.807, 2.05) is 6.92 Å². The third-order valence-corrected chi connectivity index (χ3v) is 5.24. The Morgan fingerprint density at radius 1 is 1.50 bits per heavy atom. The van der Waals surface area contributed by atoms with Gasteiger partial charge in [-0.3, -0.25) is 9.89 Å². The zero-order valence-electron chi connectivity index (χ0n) is 16.0. The van der Waals surface area contributed by atoms with Gasteiger partial charge in [-0.1, -0.05) is 13.0 Å². The predicted molar refractivity (Wildman–Crippen MR) is 120 cm³/mol. The topological polar surface area (TPSA) is 69.1 Å². The standard InChI is InChI=1S/C18H32N4O2S.HI/c1-4-19-18(20-10-14(2)13-23)21-11-16(17-6-5-9-25-17)22-7-8-24-15(3)12-22;/h5-6,9,14-16,23H,4,7-8,10-13H2,1-3H3,(H2,19,20,21);1H. The van der Waals surface area contributed by atoms with Gasteiger partial charge in [0.1, 0.15) is 0 Å². The van der Waals surface area contributed by atoms with Crippen LogP contribution in [0.15, 0.2) is 22.5 Å². The van der Waals surface area contributed by atoms with E-state index < -0.39 is 0 Å². The number of guanidine groups is 1. The van der Waals surface area contributed by atoms with E-state index in [1.54, 1.807) is 11.3 Å². The first-order chi connectivity index (χ1) is 12.1. The van der Waals surface area contributed by atoms with Crippen molar-refractivity contribution in [2.75, 3.05) is 45.9 Å². The zero-order valence-corrected chi connectivity index (χ0v) is 19.1. The molecule has 1 aliphatic rings. The minimum Gasteiger partial charge on any atom is -0.396 e. The second kappa shape index (κ2) is 12.9. The largest absolute Gasteiger partial charge is 0.396 e. The van der Waals surface area contributed by atoms with Gasteiger partial charge in [0, 0.05) is 44.2 Å². The summed E-state index contributed by atoms with van der Waals surface area (Å²) >= 11 is 1.80. The Morgan fingerprint density at radius 2 is 2.31 bits per heavy atom. The van der Waals surface area contributed by atoms with Crippen molar-refractivity contribution >= 4 is 41.3 Å². The van der Waals surface area contributed by atoms with Crippen LogP contribution in [-0.4, -0.2) is 68.0 Å². The molecule has 3 atom stereocenters. The molecule has 2 rings (SSSR count). The van der Waals surface area contributed by atoms with Gasteiger partial charge in [0.2, 0.25) is 0 Å². The highest BCUT2D eigenvalue weighted by molar-refractivity contribution is 14.0. The van der Waals surface area contributed by atoms with E-state index in [0.29, 0.717) is 12.6 Å². The van der Waals surface area contributed by atoms with Crippen molar-refractivity contribution in [2.24, 2.45) is 10.9 Å². The van der Waals surface area contributed by atoms with Gasteiger partial charge < -0.3 is 20.5 Å². The predicted octanol–water partition coefficient (Wildman–Crippen LogP) is 2.31. The summed E-state index contributed by atoms with van der Waals surface area (Å²) < 4.78 is 5.70. The summed E-state index contributed by atoms with van der Waals surface area (Å²) in [6, 6.07) is 4.62. The van der Waals surface area contributed by atoms with Gasteiger partial charge in [0.05, 0.1) is 18.8 Å². The Labute approximate surface area is 178 Å². The molecule has 1 aromatic rings. The number of ether oxygens (including phenoxy) is 1. The zero-order chi connectivity index (χ0) is 18.1. The Bertz CT molecular complexity index is 515. The Balaban J connectivity index is 0.00000338. The number of halogens is 1. The molecule has 0 bridgehead atoms. The van der Waals surface area contributed by atoms with Gasteiger partial charge in [0.25, 0.3) is 0 Å². The summed E-state index contributed by atoms with van der Waals surface area (Å²) in [5, 5.41) is 18.1. The lowest BCUT2D eigenvalue weighted by Gasteiger charge is -2.37. The molecule has 6 nitrogen and oxygen atoms in total. The molecule has 1 fully saturated rings. The highest BCUT2D eigenvalue weighted by Gasteiger charge is 2.26. The van der Waals surface area contributed by atoms with Crippen molar-refractivity contribution in [3.63, 3.8) is 0 Å². The number of hydrogen-bond donors (Lipinski definition) is 3. The fraction of sp³-hybridized carbons (Fsp3) is 0.722. The number of rotatable bonds is 8. The van der Waals surface area contributed by atoms with Gasteiger partial charge >= 0.3 is 0 Å². The maximum Gasteiger partial charge on any atom is 0.191 e. The molecule has 150 valence electrons. The van der Waals surface area contributed by atoms with Crippen molar-refractivity contribution < 1.29 is 9.84 Å². The molecular formula is C18H33IN4O2S. The Morgan fingerprint density at radius 3 is 2.92 bits per heavy atom. The molecule has 3 unspecified atom stereocenters. The molecule has 3 N–H and O–H groups in total. The first-order valence-electron chi connectivity index (χ1n) is 9.16. The molecule has 26 heavy (non-hydrogen) atoms. The van der Waals surface area contributed by atoms with Gasteiger partial charge in [-0.05, 0) is 31.2 Å². The van der Waals surface area contributed by atoms with E-state index in [9.17, 15) is 5.11 Å². The molecule has 1 aromatic heterocycles. The van der Waals surface area contributed by atoms with E-state index in [-0.39, 0.29) is 42.6 Å². The molecule has 0 aromatic carbocycles. The molecule has 1 aliphatic heterocycles. The van der Waals surface area contributed by atoms with Crippen LogP contribution < -0.4 is 10.6 Å². The van der Waals surface area contributed by atoms with Crippen molar-refractivity contribution in [1.29, 1.82) is 0 Å². The average molecular weight is 496 g/mol.